The van der Waals surface area contributed by atoms with E-state index in [9.17, 15) is 5.11 Å². The van der Waals surface area contributed by atoms with Crippen molar-refractivity contribution >= 4 is 0 Å². The molecule has 1 aromatic carbocycles. The first kappa shape index (κ1) is 13.8. The van der Waals surface area contributed by atoms with Gasteiger partial charge in [0.1, 0.15) is 0 Å². The zero-order valence-corrected chi connectivity index (χ0v) is 11.7. The van der Waals surface area contributed by atoms with Gasteiger partial charge in [0.05, 0.1) is 24.3 Å². The van der Waals surface area contributed by atoms with Crippen molar-refractivity contribution in [2.75, 3.05) is 0 Å². The number of rotatable bonds is 6. The first-order chi connectivity index (χ1) is 9.18. The summed E-state index contributed by atoms with van der Waals surface area (Å²) in [5, 5.41) is 10.3. The van der Waals surface area contributed by atoms with Crippen LogP contribution in [0.15, 0.2) is 42.9 Å². The Morgan fingerprint density at radius 2 is 1.95 bits per heavy atom. The molecule has 3 nitrogen and oxygen atoms in total. The fourth-order valence-electron chi connectivity index (χ4n) is 2.30. The van der Waals surface area contributed by atoms with Gasteiger partial charge in [-0.3, -0.25) is 0 Å². The average Bonchev–Trinajstić information content (AvgIpc) is 2.89. The maximum Gasteiger partial charge on any atom is 0.0956 e. The summed E-state index contributed by atoms with van der Waals surface area (Å²) in [6.45, 7) is 4.20. The number of hydrogen-bond donors (Lipinski definition) is 1. The third-order valence-electron chi connectivity index (χ3n) is 3.38. The molecule has 1 unspecified atom stereocenters. The van der Waals surface area contributed by atoms with Crippen LogP contribution in [0.5, 0.6) is 0 Å². The first-order valence-electron chi connectivity index (χ1n) is 6.92. The Bertz CT molecular complexity index is 490. The van der Waals surface area contributed by atoms with Crippen LogP contribution in [0.25, 0.3) is 0 Å². The molecule has 1 aromatic heterocycles. The lowest BCUT2D eigenvalue weighted by Crippen LogP contribution is -2.09. The number of aliphatic hydroxyl groups is 1. The Morgan fingerprint density at radius 3 is 2.63 bits per heavy atom. The zero-order chi connectivity index (χ0) is 13.7. The molecule has 1 heterocycles. The van der Waals surface area contributed by atoms with Gasteiger partial charge in [-0.05, 0) is 38.7 Å². The highest BCUT2D eigenvalue weighted by Gasteiger charge is 2.14. The predicted octanol–water partition coefficient (Wildman–Crippen LogP) is 3.52. The second-order valence-electron chi connectivity index (χ2n) is 5.21. The molecule has 0 fully saturated rings. The summed E-state index contributed by atoms with van der Waals surface area (Å²) >= 11 is 0. The predicted molar refractivity (Wildman–Crippen MR) is 77.0 cm³/mol. The minimum Gasteiger partial charge on any atom is -0.387 e. The van der Waals surface area contributed by atoms with Crippen molar-refractivity contribution in [1.29, 1.82) is 0 Å². The van der Waals surface area contributed by atoms with Gasteiger partial charge in [0.25, 0.3) is 0 Å². The molecule has 0 aliphatic rings. The molecule has 102 valence electrons. The van der Waals surface area contributed by atoms with Crippen molar-refractivity contribution in [3.8, 4) is 0 Å². The minimum absolute atomic E-state index is 0.335. The van der Waals surface area contributed by atoms with Gasteiger partial charge in [-0.1, -0.05) is 30.3 Å². The van der Waals surface area contributed by atoms with E-state index in [1.807, 2.05) is 10.6 Å². The van der Waals surface area contributed by atoms with Gasteiger partial charge < -0.3 is 9.67 Å². The highest BCUT2D eigenvalue weighted by Crippen LogP contribution is 2.21. The molecule has 0 aliphatic carbocycles. The lowest BCUT2D eigenvalue weighted by atomic mass is 10.0. The Labute approximate surface area is 114 Å². The van der Waals surface area contributed by atoms with Crippen molar-refractivity contribution in [1.82, 2.24) is 9.55 Å². The lowest BCUT2D eigenvalue weighted by Gasteiger charge is -2.16. The molecule has 1 atom stereocenters. The first-order valence-corrected chi connectivity index (χ1v) is 6.92. The summed E-state index contributed by atoms with van der Waals surface area (Å²) in [5.74, 6) is 0. The van der Waals surface area contributed by atoms with Crippen molar-refractivity contribution in [3.63, 3.8) is 0 Å². The van der Waals surface area contributed by atoms with Gasteiger partial charge in [-0.2, -0.15) is 0 Å². The molecule has 1 N–H and O–H groups in total. The van der Waals surface area contributed by atoms with Crippen molar-refractivity contribution < 1.29 is 5.11 Å². The van der Waals surface area contributed by atoms with Gasteiger partial charge >= 0.3 is 0 Å². The van der Waals surface area contributed by atoms with Crippen LogP contribution in [0.1, 0.15) is 50.1 Å². The van der Waals surface area contributed by atoms with E-state index in [4.69, 9.17) is 0 Å². The van der Waals surface area contributed by atoms with E-state index in [0.717, 1.165) is 25.0 Å². The fraction of sp³-hybridized carbons (Fsp3) is 0.438. The number of benzene rings is 1. The molecule has 0 radical (unpaired) electrons. The minimum atomic E-state index is -0.423. The second-order valence-corrected chi connectivity index (χ2v) is 5.21. The summed E-state index contributed by atoms with van der Waals surface area (Å²) < 4.78 is 2.03. The van der Waals surface area contributed by atoms with Crippen molar-refractivity contribution in [2.45, 2.75) is 45.3 Å². The van der Waals surface area contributed by atoms with Gasteiger partial charge in [0.2, 0.25) is 0 Å². The van der Waals surface area contributed by atoms with E-state index in [1.54, 1.807) is 12.5 Å². The van der Waals surface area contributed by atoms with Gasteiger partial charge in [-0.15, -0.1) is 0 Å². The summed E-state index contributed by atoms with van der Waals surface area (Å²) in [6.07, 6.45) is 5.90. The van der Waals surface area contributed by atoms with Gasteiger partial charge in [-0.25, -0.2) is 4.98 Å². The van der Waals surface area contributed by atoms with Crippen LogP contribution in [-0.4, -0.2) is 14.7 Å². The third-order valence-corrected chi connectivity index (χ3v) is 3.38. The smallest absolute Gasteiger partial charge is 0.0956 e. The third kappa shape index (κ3) is 3.67. The molecule has 0 spiro atoms. The van der Waals surface area contributed by atoms with E-state index in [2.05, 4.69) is 43.1 Å². The topological polar surface area (TPSA) is 38.0 Å². The molecule has 19 heavy (non-hydrogen) atoms. The SMILES string of the molecule is CC(C)n1cncc1C(O)CCCc1ccccc1. The molecule has 0 bridgehead atoms. The fourth-order valence-corrected chi connectivity index (χ4v) is 2.30. The monoisotopic (exact) mass is 258 g/mol. The molecule has 0 saturated carbocycles. The average molecular weight is 258 g/mol. The number of aliphatic hydroxyl groups excluding tert-OH is 1. The Morgan fingerprint density at radius 1 is 1.21 bits per heavy atom. The Hall–Kier alpha value is -1.61. The molecule has 3 heteroatoms. The van der Waals surface area contributed by atoms with E-state index < -0.39 is 6.10 Å². The van der Waals surface area contributed by atoms with E-state index in [0.29, 0.717) is 6.04 Å². The number of imidazole rings is 1. The molecule has 2 rings (SSSR count). The Balaban J connectivity index is 1.87. The molecule has 0 saturated heterocycles. The van der Waals surface area contributed by atoms with Crippen LogP contribution < -0.4 is 0 Å². The summed E-state index contributed by atoms with van der Waals surface area (Å²) in [4.78, 5) is 4.13. The maximum atomic E-state index is 10.3. The largest absolute Gasteiger partial charge is 0.387 e. The van der Waals surface area contributed by atoms with Gasteiger partial charge in [0.15, 0.2) is 0 Å². The number of aryl methyl sites for hydroxylation is 1. The van der Waals surface area contributed by atoms with E-state index in [-0.39, 0.29) is 0 Å². The zero-order valence-electron chi connectivity index (χ0n) is 11.7. The number of nitrogens with zero attached hydrogens (tertiary/aromatic N) is 2. The molecule has 2 aromatic rings. The maximum absolute atomic E-state index is 10.3. The van der Waals surface area contributed by atoms with E-state index >= 15 is 0 Å². The lowest BCUT2D eigenvalue weighted by molar-refractivity contribution is 0.154. The van der Waals surface area contributed by atoms with Crippen LogP contribution in [0.3, 0.4) is 0 Å². The van der Waals surface area contributed by atoms with E-state index in [1.165, 1.54) is 5.56 Å². The summed E-state index contributed by atoms with van der Waals surface area (Å²) in [5.41, 5.74) is 2.25. The van der Waals surface area contributed by atoms with Crippen LogP contribution >= 0.6 is 0 Å². The normalized spacial score (nSPS) is 12.8. The second kappa shape index (κ2) is 6.53. The van der Waals surface area contributed by atoms with Gasteiger partial charge in [0, 0.05) is 6.04 Å². The van der Waals surface area contributed by atoms with Crippen LogP contribution in [0, 0.1) is 0 Å². The molecular formula is C16H22N2O. The van der Waals surface area contributed by atoms with Crippen molar-refractivity contribution in [3.05, 3.63) is 54.1 Å². The summed E-state index contributed by atoms with van der Waals surface area (Å²) in [6, 6.07) is 10.7. The highest BCUT2D eigenvalue weighted by atomic mass is 16.3. The summed E-state index contributed by atoms with van der Waals surface area (Å²) in [7, 11) is 0. The quantitative estimate of drug-likeness (QED) is 0.861. The Kier molecular flexibility index (Phi) is 4.74. The highest BCUT2D eigenvalue weighted by molar-refractivity contribution is 5.14. The van der Waals surface area contributed by atoms with Crippen LogP contribution in [0.4, 0.5) is 0 Å². The number of hydrogen-bond acceptors (Lipinski definition) is 2. The molecule has 0 aliphatic heterocycles. The van der Waals surface area contributed by atoms with Crippen LogP contribution in [-0.2, 0) is 6.42 Å². The van der Waals surface area contributed by atoms with Crippen molar-refractivity contribution in [2.24, 2.45) is 0 Å². The number of aromatic nitrogens is 2. The molecule has 0 amide bonds. The standard InChI is InChI=1S/C16H22N2O/c1-13(2)18-12-17-11-15(18)16(19)10-6-9-14-7-4-3-5-8-14/h3-5,7-8,11-13,16,19H,6,9-10H2,1-2H3. The molecular weight excluding hydrogens is 236 g/mol. The van der Waals surface area contributed by atoms with Crippen LogP contribution in [0.2, 0.25) is 0 Å².